The van der Waals surface area contributed by atoms with Gasteiger partial charge in [0.25, 0.3) is 0 Å². The summed E-state index contributed by atoms with van der Waals surface area (Å²) in [5.74, 6) is 3.83. The highest BCUT2D eigenvalue weighted by Crippen LogP contribution is 2.48. The Balaban J connectivity index is 1.11. The molecule has 2 saturated heterocycles. The molecule has 174 valence electrons. The first kappa shape index (κ1) is 23.2. The van der Waals surface area contributed by atoms with E-state index in [1.54, 1.807) is 16.7 Å². The summed E-state index contributed by atoms with van der Waals surface area (Å²) in [7, 11) is -3.05. The van der Waals surface area contributed by atoms with E-state index in [1.807, 2.05) is 6.92 Å². The molecule has 0 unspecified atom stereocenters. The van der Waals surface area contributed by atoms with Crippen LogP contribution >= 0.6 is 11.6 Å². The van der Waals surface area contributed by atoms with Crippen molar-refractivity contribution in [1.29, 1.82) is 0 Å². The quantitative estimate of drug-likeness (QED) is 0.550. The van der Waals surface area contributed by atoms with Crippen LogP contribution in [0.4, 0.5) is 5.95 Å². The van der Waals surface area contributed by atoms with E-state index in [2.05, 4.69) is 14.9 Å². The largest absolute Gasteiger partial charge is 0.381 e. The smallest absolute Gasteiger partial charge is 0.225 e. The minimum Gasteiger partial charge on any atom is -0.381 e. The number of sulfonamides is 1. The molecule has 9 heteroatoms. The molecule has 3 aliphatic rings. The van der Waals surface area contributed by atoms with Crippen molar-refractivity contribution in [2.24, 2.45) is 23.7 Å². The van der Waals surface area contributed by atoms with Crippen molar-refractivity contribution in [3.05, 3.63) is 17.4 Å². The highest BCUT2D eigenvalue weighted by molar-refractivity contribution is 7.89. The molecule has 31 heavy (non-hydrogen) atoms. The van der Waals surface area contributed by atoms with Crippen LogP contribution in [0.3, 0.4) is 0 Å². The van der Waals surface area contributed by atoms with Gasteiger partial charge in [-0.15, -0.1) is 0 Å². The lowest BCUT2D eigenvalue weighted by atomic mass is 9.91. The number of hydrogen-bond acceptors (Lipinski definition) is 6. The molecule has 1 aromatic rings. The van der Waals surface area contributed by atoms with E-state index in [4.69, 9.17) is 16.3 Å². The Morgan fingerprint density at radius 3 is 2.39 bits per heavy atom. The number of nitrogens with zero attached hydrogens (tertiary/aromatic N) is 4. The van der Waals surface area contributed by atoms with Gasteiger partial charge in [0.15, 0.2) is 0 Å². The average Bonchev–Trinajstić information content (AvgIpc) is 3.54. The van der Waals surface area contributed by atoms with E-state index in [1.165, 1.54) is 19.3 Å². The predicted octanol–water partition coefficient (Wildman–Crippen LogP) is 3.45. The number of ether oxygens (including phenoxy) is 1. The van der Waals surface area contributed by atoms with Gasteiger partial charge in [-0.2, -0.15) is 0 Å². The second-order valence-corrected chi connectivity index (χ2v) is 11.9. The molecule has 0 radical (unpaired) electrons. The average molecular weight is 471 g/mol. The van der Waals surface area contributed by atoms with E-state index in [0.29, 0.717) is 36.4 Å². The van der Waals surface area contributed by atoms with Gasteiger partial charge in [-0.1, -0.05) is 18.5 Å². The van der Waals surface area contributed by atoms with Gasteiger partial charge in [0, 0.05) is 39.4 Å². The third-order valence-corrected chi connectivity index (χ3v) is 9.40. The van der Waals surface area contributed by atoms with Crippen molar-refractivity contribution < 1.29 is 13.2 Å². The zero-order valence-electron chi connectivity index (χ0n) is 18.5. The monoisotopic (exact) mass is 470 g/mol. The van der Waals surface area contributed by atoms with Crippen LogP contribution in [0, 0.1) is 23.7 Å². The Kier molecular flexibility index (Phi) is 7.72. The standard InChI is InChI=1S/C22H35ClN4O3S/c1-2-11-31(28,29)27-9-3-17(4-10-27)15-30-16-19-12-21(19)18-5-7-26(8-6-18)22-24-13-20(23)14-25-22/h13-14,17-19,21H,2-12,15-16H2,1H3/t19-,21+/m0/s1. The van der Waals surface area contributed by atoms with Gasteiger partial charge in [-0.3, -0.25) is 0 Å². The lowest BCUT2D eigenvalue weighted by Gasteiger charge is -2.32. The van der Waals surface area contributed by atoms with Crippen molar-refractivity contribution in [2.75, 3.05) is 50.0 Å². The molecule has 7 nitrogen and oxygen atoms in total. The number of aromatic nitrogens is 2. The number of anilines is 1. The van der Waals surface area contributed by atoms with Crippen LogP contribution in [-0.4, -0.2) is 67.8 Å². The molecule has 4 rings (SSSR count). The van der Waals surface area contributed by atoms with E-state index in [9.17, 15) is 8.42 Å². The van der Waals surface area contributed by atoms with Gasteiger partial charge in [0.05, 0.1) is 23.2 Å². The number of rotatable bonds is 9. The highest BCUT2D eigenvalue weighted by atomic mass is 35.5. The molecule has 0 aromatic carbocycles. The Morgan fingerprint density at radius 1 is 1.06 bits per heavy atom. The van der Waals surface area contributed by atoms with Crippen LogP contribution in [0.2, 0.25) is 5.02 Å². The van der Waals surface area contributed by atoms with Crippen molar-refractivity contribution in [3.63, 3.8) is 0 Å². The molecule has 0 amide bonds. The Bertz CT molecular complexity index is 807. The molecule has 0 N–H and O–H groups in total. The van der Waals surface area contributed by atoms with E-state index < -0.39 is 10.0 Å². The minimum absolute atomic E-state index is 0.267. The molecule has 2 atom stereocenters. The fourth-order valence-corrected chi connectivity index (χ4v) is 6.80. The van der Waals surface area contributed by atoms with E-state index in [0.717, 1.165) is 56.9 Å². The van der Waals surface area contributed by atoms with Crippen LogP contribution in [0.1, 0.15) is 45.4 Å². The van der Waals surface area contributed by atoms with E-state index in [-0.39, 0.29) is 5.75 Å². The van der Waals surface area contributed by atoms with Crippen molar-refractivity contribution in [2.45, 2.75) is 45.4 Å². The SMILES string of the molecule is CCCS(=O)(=O)N1CCC(COC[C@@H]2C[C@@H]2C2CCN(c3ncc(Cl)cn3)CC2)CC1. The van der Waals surface area contributed by atoms with Gasteiger partial charge >= 0.3 is 0 Å². The predicted molar refractivity (Wildman–Crippen MR) is 123 cm³/mol. The molecule has 1 saturated carbocycles. The fraction of sp³-hybridized carbons (Fsp3) is 0.818. The van der Waals surface area contributed by atoms with Crippen molar-refractivity contribution >= 4 is 27.6 Å². The Hall–Kier alpha value is -0.960. The van der Waals surface area contributed by atoms with Crippen LogP contribution < -0.4 is 4.90 Å². The highest BCUT2D eigenvalue weighted by Gasteiger charge is 2.43. The maximum absolute atomic E-state index is 12.2. The fourth-order valence-electron chi connectivity index (χ4n) is 5.16. The van der Waals surface area contributed by atoms with Crippen LogP contribution in [0.25, 0.3) is 0 Å². The first-order valence-corrected chi connectivity index (χ1v) is 13.7. The van der Waals surface area contributed by atoms with Crippen molar-refractivity contribution in [1.82, 2.24) is 14.3 Å². The summed E-state index contributed by atoms with van der Waals surface area (Å²) in [5, 5.41) is 0.575. The van der Waals surface area contributed by atoms with Crippen LogP contribution in [0.15, 0.2) is 12.4 Å². The van der Waals surface area contributed by atoms with E-state index >= 15 is 0 Å². The molecule has 0 spiro atoms. The number of piperidine rings is 2. The summed E-state index contributed by atoms with van der Waals surface area (Å²) in [6.07, 6.45) is 9.52. The van der Waals surface area contributed by atoms with Gasteiger partial charge in [-0.25, -0.2) is 22.7 Å². The Morgan fingerprint density at radius 2 is 1.74 bits per heavy atom. The third-order valence-electron chi connectivity index (χ3n) is 7.13. The van der Waals surface area contributed by atoms with Gasteiger partial charge < -0.3 is 9.64 Å². The van der Waals surface area contributed by atoms with Crippen LogP contribution in [0.5, 0.6) is 0 Å². The zero-order chi connectivity index (χ0) is 21.8. The molecule has 1 aromatic heterocycles. The Labute approximate surface area is 191 Å². The molecule has 0 bridgehead atoms. The normalized spacial score (nSPS) is 26.3. The van der Waals surface area contributed by atoms with Gasteiger partial charge in [0.2, 0.25) is 16.0 Å². The number of halogens is 1. The lowest BCUT2D eigenvalue weighted by Crippen LogP contribution is -2.40. The van der Waals surface area contributed by atoms with Gasteiger partial charge in [0.1, 0.15) is 0 Å². The van der Waals surface area contributed by atoms with Gasteiger partial charge in [-0.05, 0) is 62.2 Å². The minimum atomic E-state index is -3.05. The number of hydrogen-bond donors (Lipinski definition) is 0. The summed E-state index contributed by atoms with van der Waals surface area (Å²) < 4.78 is 32.1. The summed E-state index contributed by atoms with van der Waals surface area (Å²) in [5.41, 5.74) is 0. The summed E-state index contributed by atoms with van der Waals surface area (Å²) in [6.45, 7) is 6.87. The topological polar surface area (TPSA) is 75.6 Å². The third kappa shape index (κ3) is 6.09. The first-order chi connectivity index (χ1) is 15.0. The van der Waals surface area contributed by atoms with Crippen molar-refractivity contribution in [3.8, 4) is 0 Å². The molecule has 3 fully saturated rings. The summed E-state index contributed by atoms with van der Waals surface area (Å²) >= 11 is 5.89. The molecule has 2 aliphatic heterocycles. The maximum atomic E-state index is 12.2. The molecular weight excluding hydrogens is 436 g/mol. The lowest BCUT2D eigenvalue weighted by molar-refractivity contribution is 0.0684. The van der Waals surface area contributed by atoms with Crippen LogP contribution in [-0.2, 0) is 14.8 Å². The summed E-state index contributed by atoms with van der Waals surface area (Å²) in [6, 6.07) is 0. The first-order valence-electron chi connectivity index (χ1n) is 11.7. The zero-order valence-corrected chi connectivity index (χ0v) is 20.0. The summed E-state index contributed by atoms with van der Waals surface area (Å²) in [4.78, 5) is 10.9. The molecule has 1 aliphatic carbocycles. The second-order valence-electron chi connectivity index (χ2n) is 9.38. The maximum Gasteiger partial charge on any atom is 0.225 e. The molecule has 3 heterocycles. The second kappa shape index (κ2) is 10.3. The molecular formula is C22H35ClN4O3S.